The molecule has 1 aromatic carbocycles. The van der Waals surface area contributed by atoms with E-state index in [1.165, 1.54) is 18.3 Å². The molecule has 6 nitrogen and oxygen atoms in total. The van der Waals surface area contributed by atoms with Gasteiger partial charge in [0, 0.05) is 23.3 Å². The topological polar surface area (TPSA) is 84.2 Å². The highest BCUT2D eigenvalue weighted by molar-refractivity contribution is 7.92. The molecule has 0 bridgehead atoms. The van der Waals surface area contributed by atoms with E-state index in [4.69, 9.17) is 23.2 Å². The Morgan fingerprint density at radius 3 is 2.67 bits per heavy atom. The van der Waals surface area contributed by atoms with Crippen LogP contribution < -0.4 is 4.72 Å². The highest BCUT2D eigenvalue weighted by Gasteiger charge is 2.22. The molecule has 114 valence electrons. The minimum absolute atomic E-state index is 0.0969. The lowest BCUT2D eigenvalue weighted by atomic mass is 10.2. The molecule has 0 saturated carbocycles. The maximum absolute atomic E-state index is 12.3. The van der Waals surface area contributed by atoms with Crippen LogP contribution in [0.1, 0.15) is 12.5 Å². The van der Waals surface area contributed by atoms with Crippen LogP contribution >= 0.6 is 23.2 Å². The molecule has 1 heterocycles. The van der Waals surface area contributed by atoms with Gasteiger partial charge in [-0.2, -0.15) is 5.10 Å². The van der Waals surface area contributed by atoms with Crippen molar-refractivity contribution in [1.29, 1.82) is 0 Å². The number of rotatable bonds is 5. The number of benzene rings is 1. The molecule has 2 N–H and O–H groups in total. The number of anilines is 1. The van der Waals surface area contributed by atoms with Gasteiger partial charge < -0.3 is 5.11 Å². The van der Waals surface area contributed by atoms with E-state index in [0.29, 0.717) is 12.2 Å². The lowest BCUT2D eigenvalue weighted by Crippen LogP contribution is -2.14. The van der Waals surface area contributed by atoms with Gasteiger partial charge in [0.25, 0.3) is 10.0 Å². The molecule has 0 fully saturated rings. The summed E-state index contributed by atoms with van der Waals surface area (Å²) in [6, 6.07) is 2.67. The average molecular weight is 350 g/mol. The normalized spacial score (nSPS) is 11.6. The number of aryl methyl sites for hydroxylation is 1. The molecular formula is C12H13Cl2N3O3S. The van der Waals surface area contributed by atoms with Crippen LogP contribution in [0, 0.1) is 0 Å². The predicted molar refractivity (Wildman–Crippen MR) is 81.1 cm³/mol. The first-order chi connectivity index (χ1) is 9.89. The summed E-state index contributed by atoms with van der Waals surface area (Å²) >= 11 is 11.9. The molecule has 0 unspecified atom stereocenters. The highest BCUT2D eigenvalue weighted by Crippen LogP contribution is 2.31. The third-order valence-electron chi connectivity index (χ3n) is 2.81. The van der Waals surface area contributed by atoms with Gasteiger partial charge in [-0.25, -0.2) is 8.42 Å². The van der Waals surface area contributed by atoms with Crippen LogP contribution in [-0.4, -0.2) is 23.3 Å². The van der Waals surface area contributed by atoms with Crippen molar-refractivity contribution in [1.82, 2.24) is 9.78 Å². The Morgan fingerprint density at radius 2 is 2.10 bits per heavy atom. The van der Waals surface area contributed by atoms with E-state index >= 15 is 0 Å². The van der Waals surface area contributed by atoms with Gasteiger partial charge in [0.05, 0.1) is 23.5 Å². The highest BCUT2D eigenvalue weighted by atomic mass is 35.5. The van der Waals surface area contributed by atoms with E-state index in [-0.39, 0.29) is 20.5 Å². The number of nitrogens with zero attached hydrogens (tertiary/aromatic N) is 2. The van der Waals surface area contributed by atoms with Crippen LogP contribution in [0.15, 0.2) is 29.4 Å². The minimum Gasteiger partial charge on any atom is -0.392 e. The number of aromatic nitrogens is 2. The number of hydrogen-bond donors (Lipinski definition) is 2. The first-order valence-corrected chi connectivity index (χ1v) is 8.26. The molecule has 0 aliphatic rings. The van der Waals surface area contributed by atoms with Crippen LogP contribution in [-0.2, 0) is 23.2 Å². The lowest BCUT2D eigenvalue weighted by Gasteiger charge is -2.11. The Balaban J connectivity index is 2.40. The smallest absolute Gasteiger partial charge is 0.263 e. The largest absolute Gasteiger partial charge is 0.392 e. The van der Waals surface area contributed by atoms with E-state index < -0.39 is 16.6 Å². The molecule has 0 radical (unpaired) electrons. The second-order valence-electron chi connectivity index (χ2n) is 4.19. The minimum atomic E-state index is -3.89. The van der Waals surface area contributed by atoms with E-state index in [1.54, 1.807) is 10.9 Å². The van der Waals surface area contributed by atoms with Gasteiger partial charge in [-0.05, 0) is 19.1 Å². The summed E-state index contributed by atoms with van der Waals surface area (Å²) in [6.07, 6.45) is 2.96. The quantitative estimate of drug-likeness (QED) is 0.868. The Bertz CT molecular complexity index is 759. The predicted octanol–water partition coefficient (Wildman–Crippen LogP) is 2.50. The lowest BCUT2D eigenvalue weighted by molar-refractivity contribution is 0.282. The standard InChI is InChI=1S/C12H13Cl2N3O3S/c1-2-17-6-8(5-15-17)16-21(19,20)11-4-3-10(13)9(7-18)12(11)14/h3-6,16,18H,2,7H2,1H3. The Kier molecular flexibility index (Phi) is 4.77. The third-order valence-corrected chi connectivity index (χ3v) is 5.13. The summed E-state index contributed by atoms with van der Waals surface area (Å²) in [6.45, 7) is 2.06. The molecule has 1 aromatic heterocycles. The number of hydrogen-bond acceptors (Lipinski definition) is 4. The van der Waals surface area contributed by atoms with Crippen molar-refractivity contribution in [3.63, 3.8) is 0 Å². The molecule has 9 heteroatoms. The molecule has 2 aromatic rings. The van der Waals surface area contributed by atoms with Crippen molar-refractivity contribution in [2.45, 2.75) is 25.0 Å². The Hall–Kier alpha value is -1.28. The molecule has 0 saturated heterocycles. The number of aliphatic hydroxyl groups excluding tert-OH is 1. The fourth-order valence-electron chi connectivity index (χ4n) is 1.73. The molecule has 0 aliphatic heterocycles. The van der Waals surface area contributed by atoms with Gasteiger partial charge in [0.15, 0.2) is 0 Å². The van der Waals surface area contributed by atoms with Crippen molar-refractivity contribution in [3.05, 3.63) is 40.1 Å². The summed E-state index contributed by atoms with van der Waals surface area (Å²) in [4.78, 5) is -0.151. The van der Waals surface area contributed by atoms with E-state index in [2.05, 4.69) is 9.82 Å². The van der Waals surface area contributed by atoms with Gasteiger partial charge in [-0.15, -0.1) is 0 Å². The molecule has 21 heavy (non-hydrogen) atoms. The summed E-state index contributed by atoms with van der Waals surface area (Å²) in [5, 5.41) is 13.3. The number of halogens is 2. The number of aliphatic hydroxyl groups is 1. The average Bonchev–Trinajstić information content (AvgIpc) is 2.85. The fraction of sp³-hybridized carbons (Fsp3) is 0.250. The van der Waals surface area contributed by atoms with Crippen LogP contribution in [0.25, 0.3) is 0 Å². The van der Waals surface area contributed by atoms with Gasteiger partial charge >= 0.3 is 0 Å². The summed E-state index contributed by atoms with van der Waals surface area (Å²) in [5.41, 5.74) is 0.499. The molecular weight excluding hydrogens is 337 g/mol. The maximum Gasteiger partial charge on any atom is 0.263 e. The number of nitrogens with one attached hydrogen (secondary N) is 1. The second kappa shape index (κ2) is 6.23. The van der Waals surface area contributed by atoms with Crippen LogP contribution in [0.2, 0.25) is 10.0 Å². The van der Waals surface area contributed by atoms with Crippen molar-refractivity contribution < 1.29 is 13.5 Å². The summed E-state index contributed by atoms with van der Waals surface area (Å²) in [7, 11) is -3.89. The van der Waals surface area contributed by atoms with Gasteiger partial charge in [0.1, 0.15) is 4.90 Å². The van der Waals surface area contributed by atoms with Gasteiger partial charge in [-0.3, -0.25) is 9.40 Å². The molecule has 0 amide bonds. The number of sulfonamides is 1. The van der Waals surface area contributed by atoms with Crippen LogP contribution in [0.3, 0.4) is 0 Å². The van der Waals surface area contributed by atoms with Crippen LogP contribution in [0.5, 0.6) is 0 Å². The zero-order valence-electron chi connectivity index (χ0n) is 11.0. The Labute approximate surface area is 132 Å². The van der Waals surface area contributed by atoms with E-state index in [1.807, 2.05) is 6.92 Å². The monoisotopic (exact) mass is 349 g/mol. The molecule has 0 aliphatic carbocycles. The first-order valence-electron chi connectivity index (χ1n) is 6.02. The van der Waals surface area contributed by atoms with Crippen molar-refractivity contribution in [2.75, 3.05) is 4.72 Å². The molecule has 0 atom stereocenters. The SMILES string of the molecule is CCn1cc(NS(=O)(=O)c2ccc(Cl)c(CO)c2Cl)cn1. The zero-order chi connectivity index (χ0) is 15.6. The summed E-state index contributed by atoms with van der Waals surface area (Å²) < 4.78 is 28.6. The van der Waals surface area contributed by atoms with Crippen LogP contribution in [0.4, 0.5) is 5.69 Å². The third kappa shape index (κ3) is 3.32. The van der Waals surface area contributed by atoms with Gasteiger partial charge in [-0.1, -0.05) is 23.2 Å². The second-order valence-corrected chi connectivity index (χ2v) is 6.62. The Morgan fingerprint density at radius 1 is 1.38 bits per heavy atom. The first kappa shape index (κ1) is 16.1. The molecule has 2 rings (SSSR count). The molecule has 0 spiro atoms. The summed E-state index contributed by atoms with van der Waals surface area (Å²) in [5.74, 6) is 0. The maximum atomic E-state index is 12.3. The van der Waals surface area contributed by atoms with Crippen molar-refractivity contribution in [3.8, 4) is 0 Å². The van der Waals surface area contributed by atoms with E-state index in [0.717, 1.165) is 0 Å². The van der Waals surface area contributed by atoms with Crippen molar-refractivity contribution >= 4 is 38.9 Å². The van der Waals surface area contributed by atoms with Crippen molar-refractivity contribution in [2.24, 2.45) is 0 Å². The fourth-order valence-corrected chi connectivity index (χ4v) is 3.65. The van der Waals surface area contributed by atoms with Gasteiger partial charge in [0.2, 0.25) is 0 Å². The van der Waals surface area contributed by atoms with E-state index in [9.17, 15) is 13.5 Å². The zero-order valence-corrected chi connectivity index (χ0v) is 13.4.